The molecule has 0 spiro atoms. The van der Waals surface area contributed by atoms with Gasteiger partial charge >= 0.3 is 0 Å². The van der Waals surface area contributed by atoms with Crippen molar-refractivity contribution in [3.63, 3.8) is 0 Å². The summed E-state index contributed by atoms with van der Waals surface area (Å²) in [5.41, 5.74) is 1.31. The van der Waals surface area contributed by atoms with Crippen molar-refractivity contribution in [2.75, 3.05) is 5.88 Å². The van der Waals surface area contributed by atoms with Crippen LogP contribution in [-0.4, -0.2) is 5.88 Å². The summed E-state index contributed by atoms with van der Waals surface area (Å²) in [7, 11) is 0. The number of rotatable bonds is 3. The van der Waals surface area contributed by atoms with Crippen molar-refractivity contribution in [3.05, 3.63) is 0 Å². The lowest BCUT2D eigenvalue weighted by atomic mass is 9.89. The maximum absolute atomic E-state index is 5.93. The van der Waals surface area contributed by atoms with Crippen LogP contribution >= 0.6 is 11.6 Å². The van der Waals surface area contributed by atoms with E-state index >= 15 is 0 Å². The molecule has 3 atom stereocenters. The van der Waals surface area contributed by atoms with E-state index in [9.17, 15) is 0 Å². The van der Waals surface area contributed by atoms with Crippen molar-refractivity contribution >= 4 is 11.6 Å². The molecular weight excluding hydrogens is 168 g/mol. The van der Waals surface area contributed by atoms with Gasteiger partial charge in [-0.05, 0) is 41.9 Å². The number of halogens is 1. The largest absolute Gasteiger partial charge is 0.126 e. The predicted molar refractivity (Wildman–Crippen MR) is 53.4 cm³/mol. The van der Waals surface area contributed by atoms with Crippen LogP contribution in [0.2, 0.25) is 0 Å². The van der Waals surface area contributed by atoms with Crippen LogP contribution < -0.4 is 0 Å². The summed E-state index contributed by atoms with van der Waals surface area (Å²) in [5.74, 6) is 2.72. The van der Waals surface area contributed by atoms with Crippen molar-refractivity contribution < 1.29 is 0 Å². The second-order valence-corrected chi connectivity index (χ2v) is 5.70. The van der Waals surface area contributed by atoms with E-state index in [4.69, 9.17) is 11.6 Å². The van der Waals surface area contributed by atoms with Gasteiger partial charge in [0, 0.05) is 5.88 Å². The lowest BCUT2D eigenvalue weighted by molar-refractivity contribution is 0.334. The van der Waals surface area contributed by atoms with Crippen LogP contribution in [0.4, 0.5) is 0 Å². The van der Waals surface area contributed by atoms with Crippen LogP contribution in [0.3, 0.4) is 0 Å². The van der Waals surface area contributed by atoms with Gasteiger partial charge in [0.1, 0.15) is 0 Å². The second kappa shape index (κ2) is 2.41. The van der Waals surface area contributed by atoms with Gasteiger partial charge in [-0.2, -0.15) is 0 Å². The number of hydrogen-bond donors (Lipinski definition) is 0. The Labute approximate surface area is 80.7 Å². The van der Waals surface area contributed by atoms with Crippen molar-refractivity contribution in [2.24, 2.45) is 22.7 Å². The highest BCUT2D eigenvalue weighted by Crippen LogP contribution is 2.74. The van der Waals surface area contributed by atoms with E-state index in [0.29, 0.717) is 10.8 Å². The first kappa shape index (κ1) is 8.87. The maximum atomic E-state index is 5.93. The van der Waals surface area contributed by atoms with Crippen molar-refractivity contribution in [1.82, 2.24) is 0 Å². The molecule has 0 N–H and O–H groups in total. The Morgan fingerprint density at radius 1 is 1.33 bits per heavy atom. The van der Waals surface area contributed by atoms with Gasteiger partial charge in [0.05, 0.1) is 0 Å². The van der Waals surface area contributed by atoms with E-state index in [0.717, 1.165) is 17.7 Å². The highest BCUT2D eigenvalue weighted by Gasteiger charge is 2.66. The highest BCUT2D eigenvalue weighted by atomic mass is 35.5. The van der Waals surface area contributed by atoms with E-state index in [1.54, 1.807) is 0 Å². The van der Waals surface area contributed by atoms with Crippen LogP contribution in [-0.2, 0) is 0 Å². The third-order valence-corrected chi connectivity index (χ3v) is 4.70. The minimum Gasteiger partial charge on any atom is -0.126 e. The summed E-state index contributed by atoms with van der Waals surface area (Å²) in [6, 6.07) is 0. The molecule has 12 heavy (non-hydrogen) atoms. The second-order valence-electron chi connectivity index (χ2n) is 5.39. The molecule has 0 radical (unpaired) electrons. The summed E-state index contributed by atoms with van der Waals surface area (Å²) in [6.07, 6.45) is 4.19. The minimum absolute atomic E-state index is 0.636. The Bertz CT molecular complexity index is 197. The van der Waals surface area contributed by atoms with Crippen LogP contribution in [0.25, 0.3) is 0 Å². The number of alkyl halides is 1. The molecule has 1 heteroatoms. The summed E-state index contributed by atoms with van der Waals surface area (Å²) in [5, 5.41) is 0. The summed E-state index contributed by atoms with van der Waals surface area (Å²) in [4.78, 5) is 0. The lowest BCUT2D eigenvalue weighted by Gasteiger charge is -2.16. The van der Waals surface area contributed by atoms with E-state index in [1.165, 1.54) is 19.3 Å². The summed E-state index contributed by atoms with van der Waals surface area (Å²) >= 11 is 5.93. The predicted octanol–water partition coefficient (Wildman–Crippen LogP) is 3.69. The molecule has 0 bridgehead atoms. The van der Waals surface area contributed by atoms with Crippen LogP contribution in [0.5, 0.6) is 0 Å². The van der Waals surface area contributed by atoms with Crippen LogP contribution in [0, 0.1) is 22.7 Å². The topological polar surface area (TPSA) is 0 Å². The molecule has 0 nitrogen and oxygen atoms in total. The molecule has 0 amide bonds. The first-order valence-electron chi connectivity index (χ1n) is 5.13. The van der Waals surface area contributed by atoms with Gasteiger partial charge in [-0.25, -0.2) is 0 Å². The van der Waals surface area contributed by atoms with E-state index in [-0.39, 0.29) is 0 Å². The molecule has 0 aromatic rings. The van der Waals surface area contributed by atoms with Gasteiger partial charge in [-0.3, -0.25) is 0 Å². The zero-order valence-electron chi connectivity index (χ0n) is 8.36. The molecule has 0 aliphatic heterocycles. The van der Waals surface area contributed by atoms with Gasteiger partial charge in [-0.15, -0.1) is 11.6 Å². The Morgan fingerprint density at radius 3 is 2.17 bits per heavy atom. The molecule has 70 valence electrons. The number of hydrogen-bond acceptors (Lipinski definition) is 0. The Hall–Kier alpha value is 0.290. The monoisotopic (exact) mass is 186 g/mol. The zero-order chi connectivity index (χ0) is 8.98. The van der Waals surface area contributed by atoms with Gasteiger partial charge < -0.3 is 0 Å². The van der Waals surface area contributed by atoms with E-state index in [1.807, 2.05) is 0 Å². The molecule has 2 fully saturated rings. The van der Waals surface area contributed by atoms with Crippen LogP contribution in [0.15, 0.2) is 0 Å². The minimum atomic E-state index is 0.636. The fraction of sp³-hybridized carbons (Fsp3) is 1.00. The fourth-order valence-electron chi connectivity index (χ4n) is 3.16. The standard InChI is InChI=1S/C11H19Cl/c1-4-11(5-8(11)7-12)9-6-10(9,2)3/h8-9H,4-7H2,1-3H3. The molecular formula is C11H19Cl. The maximum Gasteiger partial charge on any atom is 0.0257 e. The Kier molecular flexibility index (Phi) is 1.78. The van der Waals surface area contributed by atoms with Crippen molar-refractivity contribution in [2.45, 2.75) is 40.0 Å². The quantitative estimate of drug-likeness (QED) is 0.590. The van der Waals surface area contributed by atoms with E-state index < -0.39 is 0 Å². The van der Waals surface area contributed by atoms with E-state index in [2.05, 4.69) is 20.8 Å². The van der Waals surface area contributed by atoms with Gasteiger partial charge in [-0.1, -0.05) is 20.8 Å². The third kappa shape index (κ3) is 1.04. The molecule has 2 rings (SSSR count). The molecule has 0 aromatic heterocycles. The molecule has 0 saturated heterocycles. The van der Waals surface area contributed by atoms with Gasteiger partial charge in [0.25, 0.3) is 0 Å². The van der Waals surface area contributed by atoms with Crippen molar-refractivity contribution in [1.29, 1.82) is 0 Å². The Morgan fingerprint density at radius 2 is 1.92 bits per heavy atom. The molecule has 3 unspecified atom stereocenters. The normalized spacial score (nSPS) is 49.0. The third-order valence-electron chi connectivity index (χ3n) is 4.33. The average molecular weight is 187 g/mol. The van der Waals surface area contributed by atoms with Crippen LogP contribution in [0.1, 0.15) is 40.0 Å². The van der Waals surface area contributed by atoms with Gasteiger partial charge in [0.15, 0.2) is 0 Å². The smallest absolute Gasteiger partial charge is 0.0257 e. The molecule has 2 aliphatic carbocycles. The highest BCUT2D eigenvalue weighted by molar-refractivity contribution is 6.18. The SMILES string of the molecule is CCC1(C2CC2(C)C)CC1CCl. The molecule has 0 aromatic carbocycles. The lowest BCUT2D eigenvalue weighted by Crippen LogP contribution is -2.10. The first-order valence-corrected chi connectivity index (χ1v) is 5.66. The zero-order valence-corrected chi connectivity index (χ0v) is 9.12. The molecule has 2 saturated carbocycles. The summed E-state index contributed by atoms with van der Waals surface area (Å²) < 4.78 is 0. The van der Waals surface area contributed by atoms with Crippen molar-refractivity contribution in [3.8, 4) is 0 Å². The average Bonchev–Trinajstić information content (AvgIpc) is 2.86. The fourth-order valence-corrected chi connectivity index (χ4v) is 3.58. The Balaban J connectivity index is 2.04. The molecule has 2 aliphatic rings. The first-order chi connectivity index (χ1) is 5.57. The van der Waals surface area contributed by atoms with Gasteiger partial charge in [0.2, 0.25) is 0 Å². The summed E-state index contributed by atoms with van der Waals surface area (Å²) in [6.45, 7) is 7.14. The molecule has 0 heterocycles.